The number of benzene rings is 2. The van der Waals surface area contributed by atoms with Gasteiger partial charge in [0.05, 0.1) is 34.9 Å². The van der Waals surface area contributed by atoms with Crippen molar-refractivity contribution in [1.29, 1.82) is 5.26 Å². The first-order valence-electron chi connectivity index (χ1n) is 13.1. The fourth-order valence-electron chi connectivity index (χ4n) is 4.50. The summed E-state index contributed by atoms with van der Waals surface area (Å²) in [5, 5.41) is 18.3. The van der Waals surface area contributed by atoms with E-state index in [2.05, 4.69) is 53.4 Å². The van der Waals surface area contributed by atoms with Crippen molar-refractivity contribution in [2.24, 2.45) is 5.41 Å². The maximum absolute atomic E-state index is 13.9. The summed E-state index contributed by atoms with van der Waals surface area (Å²) >= 11 is 13.2. The molecule has 1 fully saturated rings. The van der Waals surface area contributed by atoms with Crippen molar-refractivity contribution < 1.29 is 14.5 Å². The molecule has 2 aromatic carbocycles. The van der Waals surface area contributed by atoms with Gasteiger partial charge in [0.1, 0.15) is 6.07 Å². The van der Waals surface area contributed by atoms with Gasteiger partial charge in [-0.3, -0.25) is 9.99 Å². The minimum absolute atomic E-state index is 0.0711. The number of hydrazine groups is 2. The van der Waals surface area contributed by atoms with E-state index in [-0.39, 0.29) is 34.0 Å². The Kier molecular flexibility index (Phi) is 6.85. The Morgan fingerprint density at radius 2 is 1.93 bits per heavy atom. The second-order valence-electron chi connectivity index (χ2n) is 11.1. The van der Waals surface area contributed by atoms with Crippen LogP contribution in [0.25, 0.3) is 10.9 Å². The van der Waals surface area contributed by atoms with Crippen molar-refractivity contribution in [3.8, 4) is 6.07 Å². The van der Waals surface area contributed by atoms with Gasteiger partial charge in [0.2, 0.25) is 0 Å². The third-order valence-electron chi connectivity index (χ3n) is 6.80. The fourth-order valence-corrected chi connectivity index (χ4v) is 5.00. The van der Waals surface area contributed by atoms with Gasteiger partial charge < -0.3 is 16.1 Å². The molecule has 0 saturated heterocycles. The first kappa shape index (κ1) is 26.8. The lowest BCUT2D eigenvalue weighted by Crippen LogP contribution is -2.52. The van der Waals surface area contributed by atoms with Crippen molar-refractivity contribution in [1.82, 2.24) is 21.0 Å². The SMILES string of the molecule is [2H][C@](Nc1cc(Cl)c2ncc(C#N)c(NCC(C)(C)C)c2c1)(C1=CN(C2(C(F)(F)F)CC2)NN1)c1ccccc1Cl. The summed E-state index contributed by atoms with van der Waals surface area (Å²) in [7, 11) is 0. The molecule has 0 amide bonds. The Bertz CT molecular complexity index is 1580. The highest BCUT2D eigenvalue weighted by Gasteiger charge is 2.67. The zero-order chi connectivity index (χ0) is 29.8. The lowest BCUT2D eigenvalue weighted by atomic mass is 9.96. The molecule has 2 aliphatic rings. The number of nitriles is 1. The Balaban J connectivity index is 1.62. The van der Waals surface area contributed by atoms with Gasteiger partial charge in [0, 0.05) is 35.0 Å². The Labute approximate surface area is 241 Å². The molecule has 0 unspecified atom stereocenters. The molecule has 5 rings (SSSR count). The highest BCUT2D eigenvalue weighted by molar-refractivity contribution is 6.36. The van der Waals surface area contributed by atoms with Crippen LogP contribution >= 0.6 is 23.2 Å². The van der Waals surface area contributed by atoms with Gasteiger partial charge in [-0.1, -0.05) is 62.2 Å². The third-order valence-corrected chi connectivity index (χ3v) is 7.42. The standard InChI is InChI=1S/C28H28Cl2F3N7/c1-26(2,3)15-36-23-16(12-34)13-35-24-19(23)10-17(11-21(24)30)37-25(18-6-4-5-7-20(18)29)22-14-40(39-38-22)27(8-9-27)28(31,32)33/h4-7,10-11,13-14,25,37-39H,8-9,15H2,1-3H3,(H,35,36)/t25-/m1/s1/i25D. The largest absolute Gasteiger partial charge is 0.413 e. The average molecular weight is 591 g/mol. The molecule has 12 heteroatoms. The summed E-state index contributed by atoms with van der Waals surface area (Å²) in [5.74, 6) is 0. The summed E-state index contributed by atoms with van der Waals surface area (Å²) in [6.07, 6.45) is -1.91. The van der Waals surface area contributed by atoms with Crippen LogP contribution < -0.4 is 21.6 Å². The number of alkyl halides is 3. The maximum atomic E-state index is 13.9. The summed E-state index contributed by atoms with van der Waals surface area (Å²) in [5.41, 5.74) is 5.25. The number of aromatic nitrogens is 1. The minimum atomic E-state index is -4.47. The molecule has 40 heavy (non-hydrogen) atoms. The van der Waals surface area contributed by atoms with Crippen LogP contribution in [0.3, 0.4) is 0 Å². The lowest BCUT2D eigenvalue weighted by Gasteiger charge is -2.28. The first-order chi connectivity index (χ1) is 19.2. The van der Waals surface area contributed by atoms with Crippen molar-refractivity contribution in [2.45, 2.75) is 51.3 Å². The normalized spacial score (nSPS) is 18.3. The Hall–Kier alpha value is -3.39. The van der Waals surface area contributed by atoms with Gasteiger partial charge in [0.15, 0.2) is 5.54 Å². The van der Waals surface area contributed by atoms with E-state index < -0.39 is 17.7 Å². The highest BCUT2D eigenvalue weighted by atomic mass is 35.5. The molecule has 1 aliphatic heterocycles. The number of hydrogen-bond donors (Lipinski definition) is 4. The number of hydrogen-bond acceptors (Lipinski definition) is 7. The second kappa shape index (κ2) is 10.2. The summed E-state index contributed by atoms with van der Waals surface area (Å²) in [6, 6.07) is 10.2. The monoisotopic (exact) mass is 590 g/mol. The van der Waals surface area contributed by atoms with E-state index in [4.69, 9.17) is 23.2 Å². The minimum Gasteiger partial charge on any atom is -0.383 e. The van der Waals surface area contributed by atoms with Crippen molar-refractivity contribution >= 4 is 45.5 Å². The number of halogens is 5. The topological polar surface area (TPSA) is 88.0 Å². The molecule has 2 heterocycles. The fraction of sp³-hybridized carbons (Fsp3) is 0.357. The predicted molar refractivity (Wildman–Crippen MR) is 151 cm³/mol. The van der Waals surface area contributed by atoms with Gasteiger partial charge in [-0.2, -0.15) is 18.4 Å². The summed E-state index contributed by atoms with van der Waals surface area (Å²) in [6.45, 7) is 6.71. The number of nitrogens with one attached hydrogen (secondary N) is 4. The molecular weight excluding hydrogens is 562 g/mol. The molecule has 4 N–H and O–H groups in total. The van der Waals surface area contributed by atoms with Crippen LogP contribution in [0, 0.1) is 16.7 Å². The predicted octanol–water partition coefficient (Wildman–Crippen LogP) is 7.29. The quantitative estimate of drug-likeness (QED) is 0.230. The second-order valence-corrected chi connectivity index (χ2v) is 11.9. The zero-order valence-corrected chi connectivity index (χ0v) is 23.5. The van der Waals surface area contributed by atoms with Gasteiger partial charge in [-0.05, 0) is 42.0 Å². The van der Waals surface area contributed by atoms with Crippen LogP contribution in [0.1, 0.15) is 52.1 Å². The molecule has 210 valence electrons. The summed E-state index contributed by atoms with van der Waals surface area (Å²) in [4.78, 5) is 4.37. The number of rotatable bonds is 7. The van der Waals surface area contributed by atoms with Gasteiger partial charge in [0.25, 0.3) is 0 Å². The molecule has 3 aromatic rings. The number of fused-ring (bicyclic) bond motifs is 1. The van der Waals surface area contributed by atoms with E-state index in [1.54, 1.807) is 36.4 Å². The molecule has 7 nitrogen and oxygen atoms in total. The molecule has 1 aliphatic carbocycles. The van der Waals surface area contributed by atoms with Crippen LogP contribution in [-0.2, 0) is 0 Å². The van der Waals surface area contributed by atoms with Gasteiger partial charge >= 0.3 is 6.18 Å². The van der Waals surface area contributed by atoms with E-state index in [1.807, 2.05) is 0 Å². The molecular formula is C28H28Cl2F3N7. The van der Waals surface area contributed by atoms with Crippen LogP contribution in [0.4, 0.5) is 24.5 Å². The van der Waals surface area contributed by atoms with E-state index in [1.165, 1.54) is 12.4 Å². The first-order valence-corrected chi connectivity index (χ1v) is 13.3. The average Bonchev–Trinajstić information content (AvgIpc) is 3.57. The van der Waals surface area contributed by atoms with Crippen LogP contribution in [-0.4, -0.2) is 28.3 Å². The van der Waals surface area contributed by atoms with E-state index in [0.717, 1.165) is 5.01 Å². The molecule has 0 spiro atoms. The van der Waals surface area contributed by atoms with Gasteiger partial charge in [-0.15, -0.1) is 5.53 Å². The molecule has 1 atom stereocenters. The molecule has 0 bridgehead atoms. The van der Waals surface area contributed by atoms with Gasteiger partial charge in [-0.25, -0.2) is 0 Å². The van der Waals surface area contributed by atoms with Crippen molar-refractivity contribution in [3.05, 3.63) is 75.7 Å². The van der Waals surface area contributed by atoms with E-state index in [9.17, 15) is 19.8 Å². The van der Waals surface area contributed by atoms with E-state index >= 15 is 0 Å². The van der Waals surface area contributed by atoms with Crippen molar-refractivity contribution in [3.63, 3.8) is 0 Å². The van der Waals surface area contributed by atoms with Crippen LogP contribution in [0.15, 0.2) is 54.5 Å². The molecule has 1 saturated carbocycles. The van der Waals surface area contributed by atoms with E-state index in [0.29, 0.717) is 39.9 Å². The Morgan fingerprint density at radius 3 is 2.55 bits per heavy atom. The maximum Gasteiger partial charge on any atom is 0.413 e. The van der Waals surface area contributed by atoms with Crippen molar-refractivity contribution in [2.75, 3.05) is 17.2 Å². The highest BCUT2D eigenvalue weighted by Crippen LogP contribution is 2.54. The summed E-state index contributed by atoms with van der Waals surface area (Å²) < 4.78 is 51.2. The number of nitrogens with zero attached hydrogens (tertiary/aromatic N) is 3. The Morgan fingerprint density at radius 1 is 1.20 bits per heavy atom. The molecule has 0 radical (unpaired) electrons. The number of anilines is 2. The lowest BCUT2D eigenvalue weighted by molar-refractivity contribution is -0.195. The zero-order valence-electron chi connectivity index (χ0n) is 23.0. The number of pyridine rings is 1. The third kappa shape index (κ3) is 5.33. The van der Waals surface area contributed by atoms with Crippen LogP contribution in [0.5, 0.6) is 0 Å². The smallest absolute Gasteiger partial charge is 0.383 e. The van der Waals surface area contributed by atoms with Crippen LogP contribution in [0.2, 0.25) is 10.0 Å². The molecule has 1 aromatic heterocycles.